The first-order chi connectivity index (χ1) is 10.3. The fourth-order valence-corrected chi connectivity index (χ4v) is 2.81. The van der Waals surface area contributed by atoms with Gasteiger partial charge in [0.1, 0.15) is 30.0 Å². The molecule has 2 aromatic heterocycles. The molecule has 2 aromatic rings. The first kappa shape index (κ1) is 16.3. The van der Waals surface area contributed by atoms with Crippen molar-refractivity contribution in [3.8, 4) is 6.07 Å². The summed E-state index contributed by atoms with van der Waals surface area (Å²) in [5, 5.41) is 12.1. The summed E-state index contributed by atoms with van der Waals surface area (Å²) >= 11 is 0. The van der Waals surface area contributed by atoms with Gasteiger partial charge in [0, 0.05) is 6.26 Å². The number of anilines is 2. The molecule has 2 rings (SSSR count). The molecule has 0 fully saturated rings. The van der Waals surface area contributed by atoms with Crippen LogP contribution in [-0.2, 0) is 15.4 Å². The van der Waals surface area contributed by atoms with Gasteiger partial charge in [-0.1, -0.05) is 6.07 Å². The van der Waals surface area contributed by atoms with E-state index in [4.69, 9.17) is 5.26 Å². The van der Waals surface area contributed by atoms with E-state index in [1.165, 1.54) is 12.5 Å². The van der Waals surface area contributed by atoms with Gasteiger partial charge in [-0.05, 0) is 25.5 Å². The third-order valence-corrected chi connectivity index (χ3v) is 4.74. The number of pyridine rings is 1. The van der Waals surface area contributed by atoms with Crippen LogP contribution >= 0.6 is 7.14 Å². The molecule has 0 bridgehead atoms. The van der Waals surface area contributed by atoms with Gasteiger partial charge in [0.15, 0.2) is 5.82 Å². The van der Waals surface area contributed by atoms with Crippen molar-refractivity contribution in [1.29, 1.82) is 5.26 Å². The summed E-state index contributed by atoms with van der Waals surface area (Å²) in [7, 11) is -3.85. The van der Waals surface area contributed by atoms with Crippen molar-refractivity contribution in [2.24, 2.45) is 0 Å². The van der Waals surface area contributed by atoms with Crippen LogP contribution in [-0.4, -0.2) is 38.7 Å². The lowest BCUT2D eigenvalue weighted by atomic mass is 10.3. The molecule has 0 saturated heterocycles. The van der Waals surface area contributed by atoms with Crippen molar-refractivity contribution < 1.29 is 8.77 Å². The number of hydrogen-bond acceptors (Lipinski definition) is 7. The molecule has 0 aliphatic carbocycles. The maximum Gasteiger partial charge on any atom is 0.220 e. The number of nitrogens with zero attached hydrogens (tertiary/aromatic N) is 4. The molecule has 7 nitrogen and oxygen atoms in total. The van der Waals surface area contributed by atoms with Gasteiger partial charge in [0.2, 0.25) is 5.16 Å². The molecular weight excluding hydrogens is 321 g/mol. The SMILES string of the molecule is CS(=O)c1ncc(C#N)c(Nc2cccc(P(C)(C)=O)n2)n1. The van der Waals surface area contributed by atoms with E-state index in [0.29, 0.717) is 11.3 Å². The van der Waals surface area contributed by atoms with Crippen LogP contribution in [0.1, 0.15) is 5.56 Å². The number of rotatable bonds is 4. The Morgan fingerprint density at radius 3 is 2.64 bits per heavy atom. The number of aromatic nitrogens is 3. The van der Waals surface area contributed by atoms with Crippen LogP contribution in [0.4, 0.5) is 11.6 Å². The zero-order valence-electron chi connectivity index (χ0n) is 12.3. The molecule has 114 valence electrons. The summed E-state index contributed by atoms with van der Waals surface area (Å²) in [5.41, 5.74) is 0.682. The van der Waals surface area contributed by atoms with Gasteiger partial charge in [-0.2, -0.15) is 5.26 Å². The van der Waals surface area contributed by atoms with E-state index >= 15 is 0 Å². The predicted molar refractivity (Wildman–Crippen MR) is 85.7 cm³/mol. The van der Waals surface area contributed by atoms with Crippen molar-refractivity contribution in [1.82, 2.24) is 15.0 Å². The maximum absolute atomic E-state index is 12.1. The minimum absolute atomic E-state index is 0.120. The van der Waals surface area contributed by atoms with E-state index in [2.05, 4.69) is 20.3 Å². The summed E-state index contributed by atoms with van der Waals surface area (Å²) in [5.74, 6) is 0.624. The smallest absolute Gasteiger partial charge is 0.220 e. The fourth-order valence-electron chi connectivity index (χ4n) is 1.60. The molecule has 1 N–H and O–H groups in total. The summed E-state index contributed by atoms with van der Waals surface area (Å²) < 4.78 is 23.5. The second-order valence-corrected chi connectivity index (χ2v) is 9.27. The van der Waals surface area contributed by atoms with Crippen LogP contribution in [0, 0.1) is 11.3 Å². The van der Waals surface area contributed by atoms with Gasteiger partial charge >= 0.3 is 0 Å². The molecule has 2 heterocycles. The minimum Gasteiger partial charge on any atom is -0.324 e. The summed E-state index contributed by atoms with van der Waals surface area (Å²) in [6, 6.07) is 7.03. The number of nitriles is 1. The van der Waals surface area contributed by atoms with Crippen LogP contribution < -0.4 is 10.8 Å². The van der Waals surface area contributed by atoms with Crippen LogP contribution in [0.2, 0.25) is 0 Å². The van der Waals surface area contributed by atoms with Crippen molar-refractivity contribution in [2.45, 2.75) is 5.16 Å². The van der Waals surface area contributed by atoms with E-state index < -0.39 is 17.9 Å². The van der Waals surface area contributed by atoms with E-state index in [1.54, 1.807) is 31.5 Å². The lowest BCUT2D eigenvalue weighted by Crippen LogP contribution is -2.11. The van der Waals surface area contributed by atoms with Crippen molar-refractivity contribution >= 4 is 35.0 Å². The molecule has 0 aliphatic rings. The fraction of sp³-hybridized carbons (Fsp3) is 0.231. The second kappa shape index (κ2) is 6.34. The Balaban J connectivity index is 2.43. The number of hydrogen-bond donors (Lipinski definition) is 1. The van der Waals surface area contributed by atoms with E-state index in [1.807, 2.05) is 6.07 Å². The van der Waals surface area contributed by atoms with Gasteiger partial charge in [0.25, 0.3) is 0 Å². The van der Waals surface area contributed by atoms with Gasteiger partial charge in [-0.25, -0.2) is 15.0 Å². The average molecular weight is 335 g/mol. The summed E-state index contributed by atoms with van der Waals surface area (Å²) in [6.45, 7) is 3.26. The Bertz CT molecular complexity index is 827. The molecule has 0 spiro atoms. The standard InChI is InChI=1S/C13H14N5O2PS/c1-21(2,19)11-6-4-5-10(16-11)17-12-9(7-14)8-15-13(18-12)22(3)20/h4-6,8H,1-3H3,(H,15,16,17,18). The van der Waals surface area contributed by atoms with Crippen molar-refractivity contribution in [3.63, 3.8) is 0 Å². The Hall–Kier alpha value is -2.10. The molecule has 1 unspecified atom stereocenters. The highest BCUT2D eigenvalue weighted by Crippen LogP contribution is 2.33. The number of nitrogens with one attached hydrogen (secondary N) is 1. The summed E-state index contributed by atoms with van der Waals surface area (Å²) in [6.07, 6.45) is 2.76. The van der Waals surface area contributed by atoms with E-state index in [0.717, 1.165) is 0 Å². The lowest BCUT2D eigenvalue weighted by Gasteiger charge is -2.10. The highest BCUT2D eigenvalue weighted by Gasteiger charge is 2.14. The average Bonchev–Trinajstić information content (AvgIpc) is 2.46. The zero-order chi connectivity index (χ0) is 16.3. The lowest BCUT2D eigenvalue weighted by molar-refractivity contribution is 0.588. The predicted octanol–water partition coefficient (Wildman–Crippen LogP) is 1.47. The molecule has 22 heavy (non-hydrogen) atoms. The third kappa shape index (κ3) is 3.75. The Kier molecular flexibility index (Phi) is 4.69. The van der Waals surface area contributed by atoms with Crippen molar-refractivity contribution in [2.75, 3.05) is 24.9 Å². The third-order valence-electron chi connectivity index (χ3n) is 2.68. The Labute approximate surface area is 130 Å². The van der Waals surface area contributed by atoms with E-state index in [-0.39, 0.29) is 16.5 Å². The summed E-state index contributed by atoms with van der Waals surface area (Å²) in [4.78, 5) is 12.2. The van der Waals surface area contributed by atoms with Gasteiger partial charge in [-0.3, -0.25) is 4.21 Å². The Morgan fingerprint density at radius 1 is 1.32 bits per heavy atom. The first-order valence-electron chi connectivity index (χ1n) is 6.21. The van der Waals surface area contributed by atoms with Crippen LogP contribution in [0.25, 0.3) is 0 Å². The molecule has 0 saturated carbocycles. The quantitative estimate of drug-likeness (QED) is 0.665. The molecule has 0 amide bonds. The maximum atomic E-state index is 12.1. The topological polar surface area (TPSA) is 109 Å². The Morgan fingerprint density at radius 2 is 2.05 bits per heavy atom. The highest BCUT2D eigenvalue weighted by atomic mass is 32.2. The van der Waals surface area contributed by atoms with E-state index in [9.17, 15) is 8.77 Å². The molecular formula is C13H14N5O2PS. The molecule has 0 aromatic carbocycles. The first-order valence-corrected chi connectivity index (χ1v) is 10.4. The van der Waals surface area contributed by atoms with Crippen LogP contribution in [0.3, 0.4) is 0 Å². The molecule has 0 radical (unpaired) electrons. The molecule has 9 heteroatoms. The van der Waals surface area contributed by atoms with Crippen LogP contribution in [0.5, 0.6) is 0 Å². The van der Waals surface area contributed by atoms with Crippen molar-refractivity contribution in [3.05, 3.63) is 30.0 Å². The van der Waals surface area contributed by atoms with Gasteiger partial charge in [-0.15, -0.1) is 0 Å². The zero-order valence-corrected chi connectivity index (χ0v) is 14.0. The molecule has 1 atom stereocenters. The monoisotopic (exact) mass is 335 g/mol. The minimum atomic E-state index is -2.49. The molecule has 0 aliphatic heterocycles. The highest BCUT2D eigenvalue weighted by molar-refractivity contribution is 7.84. The van der Waals surface area contributed by atoms with Gasteiger partial charge < -0.3 is 9.88 Å². The largest absolute Gasteiger partial charge is 0.324 e. The normalized spacial score (nSPS) is 12.5. The second-order valence-electron chi connectivity index (χ2n) is 4.84. The van der Waals surface area contributed by atoms with Crippen LogP contribution in [0.15, 0.2) is 29.6 Å². The van der Waals surface area contributed by atoms with Gasteiger partial charge in [0.05, 0.1) is 17.0 Å².